The van der Waals surface area contributed by atoms with Gasteiger partial charge in [0.2, 0.25) is 0 Å². The zero-order chi connectivity index (χ0) is 20.1. The molecule has 0 bridgehead atoms. The van der Waals surface area contributed by atoms with Crippen LogP contribution >= 0.6 is 0 Å². The summed E-state index contributed by atoms with van der Waals surface area (Å²) in [5.74, 6) is -0.819. The Hall–Kier alpha value is -2.93. The highest BCUT2D eigenvalue weighted by molar-refractivity contribution is 5.91. The number of likely N-dealkylation sites (N-methyl/N-ethyl adjacent to an activating group) is 1. The van der Waals surface area contributed by atoms with Gasteiger partial charge in [0.05, 0.1) is 6.54 Å². The number of aliphatic carboxylic acids is 1. The summed E-state index contributed by atoms with van der Waals surface area (Å²) in [4.78, 5) is 29.4. The van der Waals surface area contributed by atoms with Crippen molar-refractivity contribution < 1.29 is 14.7 Å². The van der Waals surface area contributed by atoms with Crippen LogP contribution in [-0.4, -0.2) is 52.2 Å². The number of hydrogen-bond donors (Lipinski definition) is 3. The highest BCUT2D eigenvalue weighted by Gasteiger charge is 2.34. The molecule has 1 aromatic heterocycles. The fourth-order valence-electron chi connectivity index (χ4n) is 3.49. The number of carbonyl (C=O) groups is 2. The van der Waals surface area contributed by atoms with Crippen molar-refractivity contribution in [3.05, 3.63) is 48.3 Å². The lowest BCUT2D eigenvalue weighted by atomic mass is 9.85. The molecule has 0 aliphatic heterocycles. The van der Waals surface area contributed by atoms with Gasteiger partial charge in [-0.1, -0.05) is 25.1 Å². The number of anilines is 1. The van der Waals surface area contributed by atoms with E-state index in [2.05, 4.69) is 15.6 Å². The second kappa shape index (κ2) is 8.84. The smallest absolute Gasteiger partial charge is 0.319 e. The summed E-state index contributed by atoms with van der Waals surface area (Å²) < 4.78 is 0. The Bertz CT molecular complexity index is 835. The van der Waals surface area contributed by atoms with E-state index >= 15 is 0 Å². The lowest BCUT2D eigenvalue weighted by Crippen LogP contribution is -2.55. The molecule has 0 spiro atoms. The van der Waals surface area contributed by atoms with Gasteiger partial charge in [-0.05, 0) is 49.6 Å². The second-order valence-electron chi connectivity index (χ2n) is 7.15. The van der Waals surface area contributed by atoms with Crippen molar-refractivity contribution in [2.45, 2.75) is 38.8 Å². The molecular formula is C21H26N4O3. The Kier molecular flexibility index (Phi) is 6.26. The summed E-state index contributed by atoms with van der Waals surface area (Å²) in [6, 6.07) is 9.82. The second-order valence-corrected chi connectivity index (χ2v) is 7.15. The number of nitrogens with zero attached hydrogens (tertiary/aromatic N) is 2. The molecule has 148 valence electrons. The summed E-state index contributed by atoms with van der Waals surface area (Å²) >= 11 is 0. The van der Waals surface area contributed by atoms with E-state index in [4.69, 9.17) is 5.11 Å². The predicted molar refractivity (Wildman–Crippen MR) is 108 cm³/mol. The van der Waals surface area contributed by atoms with E-state index in [1.807, 2.05) is 49.1 Å². The number of pyridine rings is 1. The molecule has 28 heavy (non-hydrogen) atoms. The van der Waals surface area contributed by atoms with E-state index < -0.39 is 5.97 Å². The van der Waals surface area contributed by atoms with Crippen molar-refractivity contribution in [2.75, 3.05) is 18.4 Å². The van der Waals surface area contributed by atoms with Gasteiger partial charge in [-0.3, -0.25) is 14.7 Å². The van der Waals surface area contributed by atoms with Crippen LogP contribution < -0.4 is 10.6 Å². The van der Waals surface area contributed by atoms with E-state index in [0.29, 0.717) is 6.54 Å². The first-order chi connectivity index (χ1) is 13.5. The monoisotopic (exact) mass is 382 g/mol. The van der Waals surface area contributed by atoms with E-state index in [9.17, 15) is 9.59 Å². The number of hydrogen-bond acceptors (Lipinski definition) is 4. The molecule has 3 rings (SSSR count). The van der Waals surface area contributed by atoms with Gasteiger partial charge >= 0.3 is 12.0 Å². The highest BCUT2D eigenvalue weighted by Crippen LogP contribution is 2.27. The minimum absolute atomic E-state index is 0.0421. The van der Waals surface area contributed by atoms with Gasteiger partial charge in [-0.2, -0.15) is 0 Å². The van der Waals surface area contributed by atoms with E-state index in [1.165, 1.54) is 0 Å². The van der Waals surface area contributed by atoms with Crippen molar-refractivity contribution in [3.8, 4) is 11.1 Å². The maximum atomic E-state index is 12.4. The largest absolute Gasteiger partial charge is 0.480 e. The number of carboxylic acid groups (broad SMARTS) is 1. The van der Waals surface area contributed by atoms with Crippen molar-refractivity contribution in [1.82, 2.24) is 15.2 Å². The van der Waals surface area contributed by atoms with Gasteiger partial charge < -0.3 is 15.7 Å². The molecule has 7 heteroatoms. The van der Waals surface area contributed by atoms with Crippen LogP contribution in [0.1, 0.15) is 25.3 Å². The first-order valence-electron chi connectivity index (χ1n) is 9.50. The maximum Gasteiger partial charge on any atom is 0.319 e. The number of nitrogens with one attached hydrogen (secondary N) is 2. The third kappa shape index (κ3) is 4.86. The van der Waals surface area contributed by atoms with E-state index in [-0.39, 0.29) is 24.7 Å². The van der Waals surface area contributed by atoms with Gasteiger partial charge in [-0.15, -0.1) is 0 Å². The van der Waals surface area contributed by atoms with Crippen LogP contribution in [0.5, 0.6) is 0 Å². The number of benzene rings is 1. The minimum Gasteiger partial charge on any atom is -0.480 e. The Balaban J connectivity index is 1.55. The topological polar surface area (TPSA) is 94.6 Å². The first kappa shape index (κ1) is 19.8. The molecule has 1 aromatic carbocycles. The van der Waals surface area contributed by atoms with Crippen LogP contribution in [0.2, 0.25) is 0 Å². The summed E-state index contributed by atoms with van der Waals surface area (Å²) in [5.41, 5.74) is 3.72. The van der Waals surface area contributed by atoms with Crippen molar-refractivity contribution in [3.63, 3.8) is 0 Å². The van der Waals surface area contributed by atoms with Gasteiger partial charge in [-0.25, -0.2) is 4.79 Å². The molecule has 1 saturated carbocycles. The molecule has 7 nitrogen and oxygen atoms in total. The normalized spacial score (nSPS) is 18.4. The standard InChI is InChI=1S/C21H26N4O3/c1-3-25(13-20(26)27)18-10-17(11-18)23-21(28)24-19-9-15(7-6-14(19)2)16-5-4-8-22-12-16/h4-9,12,17-18H,3,10-11,13H2,1-2H3,(H,26,27)(H2,23,24,28). The molecule has 1 fully saturated rings. The van der Waals surface area contributed by atoms with Crippen LogP contribution in [0.25, 0.3) is 11.1 Å². The Morgan fingerprint density at radius 1 is 1.25 bits per heavy atom. The molecule has 0 radical (unpaired) electrons. The molecule has 0 atom stereocenters. The van der Waals surface area contributed by atoms with Gasteiger partial charge in [0.1, 0.15) is 0 Å². The fraction of sp³-hybridized carbons (Fsp3) is 0.381. The van der Waals surface area contributed by atoms with Crippen molar-refractivity contribution in [1.29, 1.82) is 0 Å². The summed E-state index contributed by atoms with van der Waals surface area (Å²) in [7, 11) is 0. The maximum absolute atomic E-state index is 12.4. The lowest BCUT2D eigenvalue weighted by molar-refractivity contribution is -0.139. The number of rotatable bonds is 7. The molecule has 0 saturated heterocycles. The number of carbonyl (C=O) groups excluding carboxylic acids is 1. The van der Waals surface area contributed by atoms with Crippen molar-refractivity contribution >= 4 is 17.7 Å². The zero-order valence-corrected chi connectivity index (χ0v) is 16.2. The summed E-state index contributed by atoms with van der Waals surface area (Å²) in [6.45, 7) is 4.64. The first-order valence-corrected chi connectivity index (χ1v) is 9.50. The fourth-order valence-corrected chi connectivity index (χ4v) is 3.49. The molecule has 2 aromatic rings. The summed E-state index contributed by atoms with van der Waals surface area (Å²) in [5, 5.41) is 14.9. The lowest BCUT2D eigenvalue weighted by Gasteiger charge is -2.42. The summed E-state index contributed by atoms with van der Waals surface area (Å²) in [6.07, 6.45) is 5.05. The molecule has 3 N–H and O–H groups in total. The van der Waals surface area contributed by atoms with Crippen LogP contribution in [-0.2, 0) is 4.79 Å². The number of carboxylic acids is 1. The van der Waals surface area contributed by atoms with Crippen LogP contribution in [0, 0.1) is 6.92 Å². The van der Waals surface area contributed by atoms with Crippen LogP contribution in [0.15, 0.2) is 42.7 Å². The molecule has 2 amide bonds. The van der Waals surface area contributed by atoms with Gasteiger partial charge in [0, 0.05) is 35.7 Å². The third-order valence-corrected chi connectivity index (χ3v) is 5.19. The Morgan fingerprint density at radius 2 is 2.04 bits per heavy atom. The number of amides is 2. The molecule has 0 unspecified atom stereocenters. The Labute approximate surface area is 164 Å². The number of aromatic nitrogens is 1. The SMILES string of the molecule is CCN(CC(=O)O)C1CC(NC(=O)Nc2cc(-c3cccnc3)ccc2C)C1. The quantitative estimate of drug-likeness (QED) is 0.684. The average molecular weight is 382 g/mol. The van der Waals surface area contributed by atoms with E-state index in [0.717, 1.165) is 35.2 Å². The predicted octanol–water partition coefficient (Wildman–Crippen LogP) is 3.12. The van der Waals surface area contributed by atoms with Gasteiger partial charge in [0.25, 0.3) is 0 Å². The zero-order valence-electron chi connectivity index (χ0n) is 16.2. The Morgan fingerprint density at radius 3 is 2.68 bits per heavy atom. The number of urea groups is 1. The number of aryl methyl sites for hydroxylation is 1. The molecule has 1 heterocycles. The van der Waals surface area contributed by atoms with Crippen LogP contribution in [0.4, 0.5) is 10.5 Å². The minimum atomic E-state index is -0.819. The van der Waals surface area contributed by atoms with Crippen LogP contribution in [0.3, 0.4) is 0 Å². The average Bonchev–Trinajstić information content (AvgIpc) is 2.65. The molecule has 1 aliphatic carbocycles. The third-order valence-electron chi connectivity index (χ3n) is 5.19. The molecular weight excluding hydrogens is 356 g/mol. The highest BCUT2D eigenvalue weighted by atomic mass is 16.4. The van der Waals surface area contributed by atoms with Gasteiger partial charge in [0.15, 0.2) is 0 Å². The molecule has 1 aliphatic rings. The van der Waals surface area contributed by atoms with Crippen molar-refractivity contribution in [2.24, 2.45) is 0 Å². The van der Waals surface area contributed by atoms with E-state index in [1.54, 1.807) is 12.4 Å².